The Morgan fingerprint density at radius 1 is 1.55 bits per heavy atom. The third-order valence-corrected chi connectivity index (χ3v) is 4.11. The van der Waals surface area contributed by atoms with Crippen LogP contribution in [-0.2, 0) is 0 Å². The third kappa shape index (κ3) is 0.868. The molecule has 64 valence electrons. The molecule has 0 saturated heterocycles. The summed E-state index contributed by atoms with van der Waals surface area (Å²) in [7, 11) is 0. The Hall–Kier alpha value is -0.0400. The number of fused-ring (bicyclic) bond motifs is 1. The van der Waals surface area contributed by atoms with E-state index in [9.17, 15) is 0 Å². The topological polar surface area (TPSA) is 20.2 Å². The summed E-state index contributed by atoms with van der Waals surface area (Å²) >= 11 is 0. The quantitative estimate of drug-likeness (QED) is 0.645. The SMILES string of the molecule is CC(C)[C@]12CC[C@H](CO)[C@H]1C2. The molecule has 1 heteroatoms. The Labute approximate surface area is 68.8 Å². The fourth-order valence-electron chi connectivity index (χ4n) is 3.10. The van der Waals surface area contributed by atoms with Crippen LogP contribution < -0.4 is 0 Å². The van der Waals surface area contributed by atoms with Crippen LogP contribution in [0.4, 0.5) is 0 Å². The van der Waals surface area contributed by atoms with E-state index in [0.717, 1.165) is 11.8 Å². The lowest BCUT2D eigenvalue weighted by atomic mass is 9.90. The first-order chi connectivity index (χ1) is 5.20. The monoisotopic (exact) mass is 154 g/mol. The van der Waals surface area contributed by atoms with Gasteiger partial charge in [-0.25, -0.2) is 0 Å². The van der Waals surface area contributed by atoms with E-state index in [4.69, 9.17) is 5.11 Å². The van der Waals surface area contributed by atoms with E-state index in [1.165, 1.54) is 19.3 Å². The molecule has 0 bridgehead atoms. The maximum atomic E-state index is 9.06. The molecule has 0 aromatic rings. The Bertz CT molecular complexity index is 164. The minimum Gasteiger partial charge on any atom is -0.396 e. The van der Waals surface area contributed by atoms with Crippen LogP contribution in [0.5, 0.6) is 0 Å². The fourth-order valence-corrected chi connectivity index (χ4v) is 3.10. The third-order valence-electron chi connectivity index (χ3n) is 4.11. The minimum absolute atomic E-state index is 0.430. The van der Waals surface area contributed by atoms with E-state index in [0.29, 0.717) is 17.9 Å². The zero-order valence-corrected chi connectivity index (χ0v) is 7.51. The number of hydrogen-bond donors (Lipinski definition) is 1. The van der Waals surface area contributed by atoms with Crippen molar-refractivity contribution < 1.29 is 5.11 Å². The van der Waals surface area contributed by atoms with Crippen molar-refractivity contribution in [3.05, 3.63) is 0 Å². The van der Waals surface area contributed by atoms with Crippen LogP contribution >= 0.6 is 0 Å². The Morgan fingerprint density at radius 3 is 2.55 bits per heavy atom. The van der Waals surface area contributed by atoms with E-state index < -0.39 is 0 Å². The zero-order valence-electron chi connectivity index (χ0n) is 7.51. The summed E-state index contributed by atoms with van der Waals surface area (Å²) in [6.45, 7) is 5.10. The Morgan fingerprint density at radius 2 is 2.27 bits per heavy atom. The summed E-state index contributed by atoms with van der Waals surface area (Å²) in [5, 5.41) is 9.06. The van der Waals surface area contributed by atoms with Crippen molar-refractivity contribution in [1.29, 1.82) is 0 Å². The summed E-state index contributed by atoms with van der Waals surface area (Å²) < 4.78 is 0. The fraction of sp³-hybridized carbons (Fsp3) is 1.00. The van der Waals surface area contributed by atoms with Crippen LogP contribution in [0.2, 0.25) is 0 Å². The lowest BCUT2D eigenvalue weighted by Crippen LogP contribution is -2.08. The maximum Gasteiger partial charge on any atom is 0.0462 e. The number of aliphatic hydroxyl groups excluding tert-OH is 1. The van der Waals surface area contributed by atoms with Crippen molar-refractivity contribution in [2.24, 2.45) is 23.2 Å². The first-order valence-corrected chi connectivity index (χ1v) is 4.81. The van der Waals surface area contributed by atoms with Gasteiger partial charge in [-0.1, -0.05) is 13.8 Å². The average Bonchev–Trinajstić information content (AvgIpc) is 2.61. The molecule has 2 aliphatic rings. The van der Waals surface area contributed by atoms with Crippen molar-refractivity contribution in [1.82, 2.24) is 0 Å². The number of aliphatic hydroxyl groups is 1. The number of rotatable bonds is 2. The predicted molar refractivity (Wildman–Crippen MR) is 45.2 cm³/mol. The molecule has 0 radical (unpaired) electrons. The highest BCUT2D eigenvalue weighted by Gasteiger charge is 2.62. The molecule has 1 nitrogen and oxygen atoms in total. The van der Waals surface area contributed by atoms with Gasteiger partial charge in [0.05, 0.1) is 0 Å². The van der Waals surface area contributed by atoms with Gasteiger partial charge in [0.15, 0.2) is 0 Å². The van der Waals surface area contributed by atoms with Gasteiger partial charge in [-0.3, -0.25) is 0 Å². The molecule has 0 aromatic heterocycles. The molecule has 11 heavy (non-hydrogen) atoms. The normalized spacial score (nSPS) is 48.0. The molecular weight excluding hydrogens is 136 g/mol. The predicted octanol–water partition coefficient (Wildman–Crippen LogP) is 2.05. The standard InChI is InChI=1S/C10H18O/c1-7(2)10-4-3-8(6-11)9(10)5-10/h7-9,11H,3-6H2,1-2H3/t8-,9-,10-/m1/s1. The summed E-state index contributed by atoms with van der Waals surface area (Å²) in [6, 6.07) is 0. The molecule has 0 aliphatic heterocycles. The largest absolute Gasteiger partial charge is 0.396 e. The van der Waals surface area contributed by atoms with Crippen LogP contribution in [0.15, 0.2) is 0 Å². The Balaban J connectivity index is 2.04. The van der Waals surface area contributed by atoms with Gasteiger partial charge in [0, 0.05) is 6.61 Å². The van der Waals surface area contributed by atoms with Gasteiger partial charge in [0.2, 0.25) is 0 Å². The molecule has 0 amide bonds. The van der Waals surface area contributed by atoms with Gasteiger partial charge in [0.1, 0.15) is 0 Å². The first kappa shape index (κ1) is 7.60. The van der Waals surface area contributed by atoms with Gasteiger partial charge < -0.3 is 5.11 Å². The van der Waals surface area contributed by atoms with Crippen LogP contribution in [0.1, 0.15) is 33.1 Å². The van der Waals surface area contributed by atoms with Crippen LogP contribution in [0.25, 0.3) is 0 Å². The second-order valence-electron chi connectivity index (χ2n) is 4.68. The maximum absolute atomic E-state index is 9.06. The molecule has 0 aromatic carbocycles. The molecule has 2 rings (SSSR count). The van der Waals surface area contributed by atoms with E-state index >= 15 is 0 Å². The average molecular weight is 154 g/mol. The zero-order chi connectivity index (χ0) is 8.06. The first-order valence-electron chi connectivity index (χ1n) is 4.81. The van der Waals surface area contributed by atoms with E-state index in [1.807, 2.05) is 0 Å². The summed E-state index contributed by atoms with van der Waals surface area (Å²) in [6.07, 6.45) is 4.05. The van der Waals surface area contributed by atoms with Gasteiger partial charge in [-0.2, -0.15) is 0 Å². The van der Waals surface area contributed by atoms with Crippen LogP contribution in [0, 0.1) is 23.2 Å². The van der Waals surface area contributed by atoms with Gasteiger partial charge in [-0.05, 0) is 42.4 Å². The lowest BCUT2D eigenvalue weighted by molar-refractivity contribution is 0.212. The molecule has 0 heterocycles. The molecule has 0 unspecified atom stereocenters. The van der Waals surface area contributed by atoms with Crippen LogP contribution in [-0.4, -0.2) is 11.7 Å². The molecule has 2 saturated carbocycles. The molecule has 2 aliphatic carbocycles. The van der Waals surface area contributed by atoms with E-state index in [1.54, 1.807) is 0 Å². The van der Waals surface area contributed by atoms with Crippen molar-refractivity contribution in [2.45, 2.75) is 33.1 Å². The van der Waals surface area contributed by atoms with Gasteiger partial charge >= 0.3 is 0 Å². The highest BCUT2D eigenvalue weighted by molar-refractivity contribution is 5.11. The van der Waals surface area contributed by atoms with Crippen molar-refractivity contribution >= 4 is 0 Å². The van der Waals surface area contributed by atoms with Crippen molar-refractivity contribution in [3.8, 4) is 0 Å². The highest BCUT2D eigenvalue weighted by Crippen LogP contribution is 2.69. The molecule has 3 atom stereocenters. The van der Waals surface area contributed by atoms with E-state index in [2.05, 4.69) is 13.8 Å². The lowest BCUT2D eigenvalue weighted by Gasteiger charge is -2.15. The molecule has 1 N–H and O–H groups in total. The highest BCUT2D eigenvalue weighted by atomic mass is 16.3. The smallest absolute Gasteiger partial charge is 0.0462 e. The summed E-state index contributed by atoms with van der Waals surface area (Å²) in [5.41, 5.74) is 0.674. The molecule has 2 fully saturated rings. The molecular formula is C10H18O. The van der Waals surface area contributed by atoms with Crippen LogP contribution in [0.3, 0.4) is 0 Å². The Kier molecular flexibility index (Phi) is 1.54. The van der Waals surface area contributed by atoms with Gasteiger partial charge in [0.25, 0.3) is 0 Å². The van der Waals surface area contributed by atoms with Crippen molar-refractivity contribution in [2.75, 3.05) is 6.61 Å². The second kappa shape index (κ2) is 2.22. The number of hydrogen-bond acceptors (Lipinski definition) is 1. The van der Waals surface area contributed by atoms with E-state index in [-0.39, 0.29) is 0 Å². The second-order valence-corrected chi connectivity index (χ2v) is 4.68. The summed E-state index contributed by atoms with van der Waals surface area (Å²) in [5.74, 6) is 2.37. The summed E-state index contributed by atoms with van der Waals surface area (Å²) in [4.78, 5) is 0. The molecule has 0 spiro atoms. The van der Waals surface area contributed by atoms with Gasteiger partial charge in [-0.15, -0.1) is 0 Å². The van der Waals surface area contributed by atoms with Crippen molar-refractivity contribution in [3.63, 3.8) is 0 Å². The minimum atomic E-state index is 0.430.